The maximum absolute atomic E-state index is 10.6. The van der Waals surface area contributed by atoms with Crippen molar-refractivity contribution in [3.63, 3.8) is 0 Å². The van der Waals surface area contributed by atoms with Gasteiger partial charge in [-0.15, -0.1) is 0 Å². The van der Waals surface area contributed by atoms with Crippen LogP contribution in [0.3, 0.4) is 0 Å². The van der Waals surface area contributed by atoms with Gasteiger partial charge in [0.25, 0.3) is 0 Å². The summed E-state index contributed by atoms with van der Waals surface area (Å²) < 4.78 is 106. The lowest BCUT2D eigenvalue weighted by atomic mass is 9.75. The van der Waals surface area contributed by atoms with E-state index in [1.807, 2.05) is 31.2 Å². The molecule has 2 aliphatic heterocycles. The summed E-state index contributed by atoms with van der Waals surface area (Å²) in [6.07, 6.45) is -11.1. The average Bonchev–Trinajstić information content (AvgIpc) is 3.32. The van der Waals surface area contributed by atoms with Crippen LogP contribution in [0.25, 0.3) is 0 Å². The van der Waals surface area contributed by atoms with Crippen molar-refractivity contribution in [1.82, 2.24) is 19.9 Å². The molecule has 3 N–H and O–H groups in total. The molecule has 0 aromatic carbocycles. The van der Waals surface area contributed by atoms with Crippen molar-refractivity contribution in [2.45, 2.75) is 50.4 Å². The Balaban J connectivity index is 0.000000413. The number of piperidine rings is 1. The van der Waals surface area contributed by atoms with Crippen molar-refractivity contribution in [1.29, 1.82) is 0 Å². The number of pyridine rings is 1. The monoisotopic (exact) mass is 684 g/mol. The van der Waals surface area contributed by atoms with E-state index in [9.17, 15) is 39.5 Å². The van der Waals surface area contributed by atoms with Gasteiger partial charge in [-0.25, -0.2) is 19.4 Å². The van der Waals surface area contributed by atoms with E-state index in [4.69, 9.17) is 39.0 Å². The van der Waals surface area contributed by atoms with Crippen LogP contribution in [0.15, 0.2) is 35.0 Å². The molecule has 2 aliphatic rings. The molecule has 1 atom stereocenters. The van der Waals surface area contributed by atoms with Crippen LogP contribution < -0.4 is 4.74 Å². The highest BCUT2D eigenvalue weighted by Crippen LogP contribution is 2.39. The lowest BCUT2D eigenvalue weighted by Crippen LogP contribution is -2.71. The number of likely N-dealkylation sites (tertiary alicyclic amines) is 2. The molecule has 2 saturated heterocycles. The molecule has 46 heavy (non-hydrogen) atoms. The molecule has 4 heterocycles. The number of halogens is 9. The lowest BCUT2D eigenvalue weighted by Gasteiger charge is -2.58. The number of carboxylic acid groups (broad SMARTS) is 3. The molecule has 21 heteroatoms. The SMILES string of the molecule is Cc1cc(CN2CC3(CC(COc4ccccn4)CCN3C)C2)no1.O=C(O)C(F)(F)F.O=C(O)C(F)(F)F.O=C(O)C(F)(F)F. The third-order valence-corrected chi connectivity index (χ3v) is 6.28. The first-order valence-corrected chi connectivity index (χ1v) is 12.8. The third kappa shape index (κ3) is 13.9. The second-order valence-corrected chi connectivity index (χ2v) is 9.97. The molecule has 260 valence electrons. The molecule has 12 nitrogen and oxygen atoms in total. The first-order valence-electron chi connectivity index (χ1n) is 12.8. The minimum atomic E-state index is -5.08. The van der Waals surface area contributed by atoms with Crippen molar-refractivity contribution in [3.8, 4) is 5.88 Å². The molecule has 0 bridgehead atoms. The number of alkyl halides is 9. The van der Waals surface area contributed by atoms with Gasteiger partial charge in [0.1, 0.15) is 5.76 Å². The van der Waals surface area contributed by atoms with Crippen LogP contribution in [0.2, 0.25) is 0 Å². The number of carbonyl (C=O) groups is 3. The van der Waals surface area contributed by atoms with E-state index in [2.05, 4.69) is 27.0 Å². The van der Waals surface area contributed by atoms with Gasteiger partial charge < -0.3 is 24.6 Å². The second kappa shape index (κ2) is 16.4. The fourth-order valence-corrected chi connectivity index (χ4v) is 4.18. The fraction of sp³-hybridized carbons (Fsp3) is 0.560. The second-order valence-electron chi connectivity index (χ2n) is 9.97. The first-order chi connectivity index (χ1) is 21.0. The van der Waals surface area contributed by atoms with Crippen molar-refractivity contribution in [3.05, 3.63) is 41.9 Å². The molecule has 2 aromatic rings. The average molecular weight is 685 g/mol. The molecular weight excluding hydrogens is 655 g/mol. The van der Waals surface area contributed by atoms with Crippen LogP contribution in [0.5, 0.6) is 5.88 Å². The summed E-state index contributed by atoms with van der Waals surface area (Å²) in [4.78, 5) is 35.9. The number of aromatic nitrogens is 2. The zero-order valence-corrected chi connectivity index (χ0v) is 24.0. The van der Waals surface area contributed by atoms with Gasteiger partial charge in [0, 0.05) is 43.5 Å². The van der Waals surface area contributed by atoms with Crippen molar-refractivity contribution < 1.29 is 78.5 Å². The fourth-order valence-electron chi connectivity index (χ4n) is 4.18. The Morgan fingerprint density at radius 3 is 1.85 bits per heavy atom. The van der Waals surface area contributed by atoms with E-state index in [1.54, 1.807) is 6.20 Å². The Bertz CT molecular complexity index is 1210. The van der Waals surface area contributed by atoms with Gasteiger partial charge in [0.2, 0.25) is 5.88 Å². The number of hydrogen-bond acceptors (Lipinski definition) is 9. The Hall–Kier alpha value is -4.14. The zero-order chi connectivity index (χ0) is 35.5. The number of nitrogens with zero attached hydrogens (tertiary/aromatic N) is 4. The highest BCUT2D eigenvalue weighted by molar-refractivity contribution is 5.73. The number of ether oxygens (including phenoxy) is 1. The van der Waals surface area contributed by atoms with E-state index in [-0.39, 0.29) is 5.54 Å². The van der Waals surface area contributed by atoms with Crippen molar-refractivity contribution in [2.24, 2.45) is 5.92 Å². The number of aryl methyl sites for hydroxylation is 1. The van der Waals surface area contributed by atoms with Gasteiger partial charge in [0.15, 0.2) is 0 Å². The molecule has 2 aromatic heterocycles. The first kappa shape index (κ1) is 39.9. The summed E-state index contributed by atoms with van der Waals surface area (Å²) in [6, 6.07) is 7.83. The maximum Gasteiger partial charge on any atom is 0.490 e. The summed E-state index contributed by atoms with van der Waals surface area (Å²) in [5.41, 5.74) is 1.32. The van der Waals surface area contributed by atoms with Crippen LogP contribution in [0, 0.1) is 12.8 Å². The molecule has 0 saturated carbocycles. The normalized spacial score (nSPS) is 17.9. The van der Waals surface area contributed by atoms with Gasteiger partial charge in [0.05, 0.1) is 12.3 Å². The highest BCUT2D eigenvalue weighted by Gasteiger charge is 2.49. The van der Waals surface area contributed by atoms with Gasteiger partial charge in [-0.2, -0.15) is 39.5 Å². The molecule has 0 radical (unpaired) electrons. The predicted octanol–water partition coefficient (Wildman–Crippen LogP) is 4.25. The summed E-state index contributed by atoms with van der Waals surface area (Å²) in [5.74, 6) is -6.07. The van der Waals surface area contributed by atoms with Gasteiger partial charge in [-0.05, 0) is 45.3 Å². The van der Waals surface area contributed by atoms with E-state index in [0.717, 1.165) is 50.1 Å². The Labute approximate surface area is 254 Å². The molecule has 1 unspecified atom stereocenters. The molecule has 0 amide bonds. The van der Waals surface area contributed by atoms with Crippen LogP contribution in [-0.2, 0) is 20.9 Å². The number of hydrogen-bond donors (Lipinski definition) is 3. The molecule has 0 aliphatic carbocycles. The number of carboxylic acids is 3. The van der Waals surface area contributed by atoms with E-state index >= 15 is 0 Å². The van der Waals surface area contributed by atoms with Crippen LogP contribution >= 0.6 is 0 Å². The summed E-state index contributed by atoms with van der Waals surface area (Å²) in [7, 11) is 2.26. The van der Waals surface area contributed by atoms with Crippen LogP contribution in [0.4, 0.5) is 39.5 Å². The quantitative estimate of drug-likeness (QED) is 0.384. The molecule has 1 spiro atoms. The highest BCUT2D eigenvalue weighted by atomic mass is 19.4. The smallest absolute Gasteiger partial charge is 0.477 e. The maximum atomic E-state index is 10.6. The summed E-state index contributed by atoms with van der Waals surface area (Å²) in [6.45, 7) is 6.89. The van der Waals surface area contributed by atoms with Gasteiger partial charge in [-0.3, -0.25) is 9.80 Å². The minimum Gasteiger partial charge on any atom is -0.477 e. The number of rotatable bonds is 5. The minimum absolute atomic E-state index is 0.287. The zero-order valence-electron chi connectivity index (χ0n) is 24.0. The van der Waals surface area contributed by atoms with Gasteiger partial charge in [-0.1, -0.05) is 11.2 Å². The Morgan fingerprint density at radius 1 is 0.957 bits per heavy atom. The third-order valence-electron chi connectivity index (χ3n) is 6.28. The van der Waals surface area contributed by atoms with E-state index < -0.39 is 36.4 Å². The largest absolute Gasteiger partial charge is 0.490 e. The van der Waals surface area contributed by atoms with Crippen LogP contribution in [-0.4, -0.2) is 111 Å². The predicted molar refractivity (Wildman–Crippen MR) is 135 cm³/mol. The van der Waals surface area contributed by atoms with Crippen molar-refractivity contribution >= 4 is 17.9 Å². The standard InChI is InChI=1S/C19H26N4O2.3C2HF3O2/c1-15-9-17(21-25-15)11-23-13-19(14-23)10-16(6-8-22(19)2)12-24-18-5-3-4-7-20-18;3*3-2(4,5)1(6)7/h3-5,7,9,16H,6,8,10-14H2,1-2H3;3*(H,6,7). The number of likely N-dealkylation sites (N-methyl/N-ethyl adjacent to an activating group) is 1. The molecule has 4 rings (SSSR count). The Morgan fingerprint density at radius 2 is 1.46 bits per heavy atom. The van der Waals surface area contributed by atoms with Crippen molar-refractivity contribution in [2.75, 3.05) is 33.3 Å². The summed E-state index contributed by atoms with van der Waals surface area (Å²) in [5, 5.41) is 25.5. The molecular formula is C25H29F9N4O8. The molecule has 2 fully saturated rings. The van der Waals surface area contributed by atoms with E-state index in [0.29, 0.717) is 5.92 Å². The number of aliphatic carboxylic acids is 3. The lowest BCUT2D eigenvalue weighted by molar-refractivity contribution is -0.193. The van der Waals surface area contributed by atoms with E-state index in [1.165, 1.54) is 12.8 Å². The summed E-state index contributed by atoms with van der Waals surface area (Å²) >= 11 is 0. The Kier molecular flexibility index (Phi) is 14.2. The topological polar surface area (TPSA) is 167 Å². The van der Waals surface area contributed by atoms with Crippen LogP contribution in [0.1, 0.15) is 24.3 Å². The van der Waals surface area contributed by atoms with Gasteiger partial charge >= 0.3 is 36.4 Å².